The van der Waals surface area contributed by atoms with E-state index in [1.54, 1.807) is 0 Å². The van der Waals surface area contributed by atoms with Gasteiger partial charge in [0.25, 0.3) is 0 Å². The Kier molecular flexibility index (Phi) is 5.01. The Morgan fingerprint density at radius 3 is 2.89 bits per heavy atom. The van der Waals surface area contributed by atoms with E-state index >= 15 is 0 Å². The summed E-state index contributed by atoms with van der Waals surface area (Å²) < 4.78 is 5.40. The molecule has 1 heterocycles. The molecule has 2 aliphatic rings. The third-order valence-corrected chi connectivity index (χ3v) is 4.39. The van der Waals surface area contributed by atoms with Crippen molar-refractivity contribution in [2.45, 2.75) is 45.1 Å². The number of carbonyl (C=O) groups excluding carboxylic acids is 1. The molecule has 4 nitrogen and oxygen atoms in total. The van der Waals surface area contributed by atoms with Crippen molar-refractivity contribution < 1.29 is 9.53 Å². The highest BCUT2D eigenvalue weighted by atomic mass is 16.5. The standard InChI is InChI=1S/C14H26N2O2/c1-11(12-4-2-5-13(15)10-12)14(17)16-6-3-8-18-9-7-16/h11-13H,2-10,15H2,1H3. The van der Waals surface area contributed by atoms with E-state index in [1.807, 2.05) is 4.90 Å². The number of carbonyl (C=O) groups is 1. The number of amides is 1. The lowest BCUT2D eigenvalue weighted by atomic mass is 9.78. The van der Waals surface area contributed by atoms with Crippen LogP contribution in [0.1, 0.15) is 39.0 Å². The summed E-state index contributed by atoms with van der Waals surface area (Å²) in [5.41, 5.74) is 6.02. The fourth-order valence-electron chi connectivity index (χ4n) is 3.18. The van der Waals surface area contributed by atoms with Crippen molar-refractivity contribution in [2.75, 3.05) is 26.3 Å². The molecule has 0 aromatic rings. The van der Waals surface area contributed by atoms with E-state index in [-0.39, 0.29) is 5.92 Å². The zero-order chi connectivity index (χ0) is 13.0. The lowest BCUT2D eigenvalue weighted by molar-refractivity contribution is -0.137. The fraction of sp³-hybridized carbons (Fsp3) is 0.929. The molecular weight excluding hydrogens is 228 g/mol. The molecule has 2 fully saturated rings. The second kappa shape index (κ2) is 6.53. The van der Waals surface area contributed by atoms with Gasteiger partial charge in [0.05, 0.1) is 6.61 Å². The summed E-state index contributed by atoms with van der Waals surface area (Å²) in [4.78, 5) is 14.5. The first-order valence-corrected chi connectivity index (χ1v) is 7.30. The quantitative estimate of drug-likeness (QED) is 0.810. The number of ether oxygens (including phenoxy) is 1. The molecule has 4 heteroatoms. The summed E-state index contributed by atoms with van der Waals surface area (Å²) >= 11 is 0. The van der Waals surface area contributed by atoms with Gasteiger partial charge in [-0.15, -0.1) is 0 Å². The second-order valence-corrected chi connectivity index (χ2v) is 5.77. The van der Waals surface area contributed by atoms with Crippen LogP contribution in [0.4, 0.5) is 0 Å². The lowest BCUT2D eigenvalue weighted by Crippen LogP contribution is -2.41. The lowest BCUT2D eigenvalue weighted by Gasteiger charge is -2.33. The normalized spacial score (nSPS) is 31.8. The first kappa shape index (κ1) is 13.8. The van der Waals surface area contributed by atoms with Gasteiger partial charge in [-0.25, -0.2) is 0 Å². The summed E-state index contributed by atoms with van der Waals surface area (Å²) in [7, 11) is 0. The third-order valence-electron chi connectivity index (χ3n) is 4.39. The summed E-state index contributed by atoms with van der Waals surface area (Å²) in [6.07, 6.45) is 5.42. The minimum Gasteiger partial charge on any atom is -0.380 e. The molecule has 0 aromatic heterocycles. The van der Waals surface area contributed by atoms with Gasteiger partial charge in [0.2, 0.25) is 5.91 Å². The first-order chi connectivity index (χ1) is 8.68. The molecule has 1 saturated heterocycles. The van der Waals surface area contributed by atoms with Crippen LogP contribution in [0, 0.1) is 11.8 Å². The van der Waals surface area contributed by atoms with Gasteiger partial charge < -0.3 is 15.4 Å². The summed E-state index contributed by atoms with van der Waals surface area (Å²) in [5, 5.41) is 0. The van der Waals surface area contributed by atoms with E-state index in [0.29, 0.717) is 24.5 Å². The van der Waals surface area contributed by atoms with Gasteiger partial charge in [0.1, 0.15) is 0 Å². The van der Waals surface area contributed by atoms with Crippen LogP contribution in [0.25, 0.3) is 0 Å². The average Bonchev–Trinajstić information content (AvgIpc) is 2.66. The maximum atomic E-state index is 12.5. The highest BCUT2D eigenvalue weighted by molar-refractivity contribution is 5.78. The molecule has 1 amide bonds. The summed E-state index contributed by atoms with van der Waals surface area (Å²) in [5.74, 6) is 0.902. The Bertz CT molecular complexity index is 275. The Morgan fingerprint density at radius 1 is 1.28 bits per heavy atom. The van der Waals surface area contributed by atoms with Crippen LogP contribution in [0.15, 0.2) is 0 Å². The zero-order valence-corrected chi connectivity index (χ0v) is 11.4. The Morgan fingerprint density at radius 2 is 2.11 bits per heavy atom. The second-order valence-electron chi connectivity index (χ2n) is 5.77. The molecule has 18 heavy (non-hydrogen) atoms. The van der Waals surface area contributed by atoms with Crippen molar-refractivity contribution in [3.8, 4) is 0 Å². The molecule has 1 aliphatic carbocycles. The molecular formula is C14H26N2O2. The molecule has 1 saturated carbocycles. The highest BCUT2D eigenvalue weighted by Crippen LogP contribution is 2.30. The van der Waals surface area contributed by atoms with Crippen molar-refractivity contribution in [1.29, 1.82) is 0 Å². The first-order valence-electron chi connectivity index (χ1n) is 7.30. The Labute approximate surface area is 110 Å². The van der Waals surface area contributed by atoms with Crippen LogP contribution in [-0.2, 0) is 9.53 Å². The van der Waals surface area contributed by atoms with Crippen molar-refractivity contribution in [3.63, 3.8) is 0 Å². The Balaban J connectivity index is 1.90. The minimum absolute atomic E-state index is 0.120. The number of rotatable bonds is 2. The number of hydrogen-bond donors (Lipinski definition) is 1. The van der Waals surface area contributed by atoms with Gasteiger partial charge in [-0.1, -0.05) is 13.3 Å². The smallest absolute Gasteiger partial charge is 0.225 e. The topological polar surface area (TPSA) is 55.6 Å². The van der Waals surface area contributed by atoms with E-state index < -0.39 is 0 Å². The van der Waals surface area contributed by atoms with Crippen LogP contribution in [0.5, 0.6) is 0 Å². The van der Waals surface area contributed by atoms with E-state index in [0.717, 1.165) is 45.4 Å². The Hall–Kier alpha value is -0.610. The predicted octanol–water partition coefficient (Wildman–Crippen LogP) is 1.39. The third kappa shape index (κ3) is 3.45. The van der Waals surface area contributed by atoms with Gasteiger partial charge in [0.15, 0.2) is 0 Å². The molecule has 3 atom stereocenters. The maximum absolute atomic E-state index is 12.5. The largest absolute Gasteiger partial charge is 0.380 e. The molecule has 0 spiro atoms. The van der Waals surface area contributed by atoms with Gasteiger partial charge in [-0.3, -0.25) is 4.79 Å². The minimum atomic E-state index is 0.120. The maximum Gasteiger partial charge on any atom is 0.225 e. The van der Waals surface area contributed by atoms with Crippen LogP contribution in [0.3, 0.4) is 0 Å². The van der Waals surface area contributed by atoms with E-state index in [4.69, 9.17) is 10.5 Å². The van der Waals surface area contributed by atoms with Gasteiger partial charge in [0, 0.05) is 31.7 Å². The van der Waals surface area contributed by atoms with Gasteiger partial charge in [-0.2, -0.15) is 0 Å². The molecule has 3 unspecified atom stereocenters. The molecule has 1 aliphatic heterocycles. The molecule has 2 N–H and O–H groups in total. The van der Waals surface area contributed by atoms with Crippen molar-refractivity contribution >= 4 is 5.91 Å². The number of nitrogens with zero attached hydrogens (tertiary/aromatic N) is 1. The van der Waals surface area contributed by atoms with Gasteiger partial charge >= 0.3 is 0 Å². The highest BCUT2D eigenvalue weighted by Gasteiger charge is 2.31. The molecule has 0 aromatic carbocycles. The molecule has 0 radical (unpaired) electrons. The molecule has 0 bridgehead atoms. The van der Waals surface area contributed by atoms with Crippen LogP contribution in [-0.4, -0.2) is 43.2 Å². The summed E-state index contributed by atoms with van der Waals surface area (Å²) in [6, 6.07) is 0.298. The van der Waals surface area contributed by atoms with E-state index in [2.05, 4.69) is 6.92 Å². The van der Waals surface area contributed by atoms with Crippen LogP contribution < -0.4 is 5.73 Å². The van der Waals surface area contributed by atoms with Crippen molar-refractivity contribution in [3.05, 3.63) is 0 Å². The number of hydrogen-bond acceptors (Lipinski definition) is 3. The molecule has 2 rings (SSSR count). The SMILES string of the molecule is CC(C(=O)N1CCCOCC1)C1CCCC(N)C1. The van der Waals surface area contributed by atoms with E-state index in [1.165, 1.54) is 6.42 Å². The van der Waals surface area contributed by atoms with Crippen LogP contribution in [0.2, 0.25) is 0 Å². The summed E-state index contributed by atoms with van der Waals surface area (Å²) in [6.45, 7) is 5.15. The van der Waals surface area contributed by atoms with Crippen molar-refractivity contribution in [1.82, 2.24) is 4.90 Å². The van der Waals surface area contributed by atoms with E-state index in [9.17, 15) is 4.79 Å². The van der Waals surface area contributed by atoms with Crippen LogP contribution >= 0.6 is 0 Å². The number of nitrogens with two attached hydrogens (primary N) is 1. The predicted molar refractivity (Wildman–Crippen MR) is 71.1 cm³/mol. The average molecular weight is 254 g/mol. The van der Waals surface area contributed by atoms with Crippen molar-refractivity contribution in [2.24, 2.45) is 17.6 Å². The zero-order valence-electron chi connectivity index (χ0n) is 11.4. The fourth-order valence-corrected chi connectivity index (χ4v) is 3.18. The molecule has 104 valence electrons. The van der Waals surface area contributed by atoms with Gasteiger partial charge in [-0.05, 0) is 31.6 Å². The monoisotopic (exact) mass is 254 g/mol.